The first-order valence-electron chi connectivity index (χ1n) is 14.2. The molecule has 3 aromatic rings. The molecule has 0 unspecified atom stereocenters. The third kappa shape index (κ3) is 5.93. The number of fused-ring (bicyclic) bond motifs is 1. The fourth-order valence-electron chi connectivity index (χ4n) is 5.90. The molecule has 3 amide bonds. The van der Waals surface area contributed by atoms with Crippen LogP contribution in [0.2, 0.25) is 4.34 Å². The number of thiophene rings is 1. The number of nitrogens with one attached hydrogen (secondary N) is 1. The predicted octanol–water partition coefficient (Wildman–Crippen LogP) is 2.89. The summed E-state index contributed by atoms with van der Waals surface area (Å²) in [6.45, 7) is 3.45. The summed E-state index contributed by atoms with van der Waals surface area (Å²) in [7, 11) is 1.36. The number of likely N-dealkylation sites (tertiary alicyclic amines) is 1. The van der Waals surface area contributed by atoms with Crippen molar-refractivity contribution in [1.82, 2.24) is 29.7 Å². The van der Waals surface area contributed by atoms with Gasteiger partial charge in [-0.2, -0.15) is 5.10 Å². The van der Waals surface area contributed by atoms with Crippen molar-refractivity contribution in [3.63, 3.8) is 0 Å². The molecule has 0 bridgehead atoms. The maximum Gasteiger partial charge on any atom is 0.410 e. The second kappa shape index (κ2) is 12.3. The van der Waals surface area contributed by atoms with Crippen LogP contribution < -0.4 is 20.7 Å². The van der Waals surface area contributed by atoms with Gasteiger partial charge in [0.05, 0.1) is 29.4 Å². The Morgan fingerprint density at radius 2 is 1.98 bits per heavy atom. The lowest BCUT2D eigenvalue weighted by atomic mass is 10.0. The van der Waals surface area contributed by atoms with Gasteiger partial charge in [-0.15, -0.1) is 11.3 Å². The fourth-order valence-corrected chi connectivity index (χ4v) is 6.96. The van der Waals surface area contributed by atoms with E-state index in [-0.39, 0.29) is 24.5 Å². The largest absolute Gasteiger partial charge is 0.482 e. The Morgan fingerprint density at radius 1 is 1.16 bits per heavy atom. The molecule has 0 aliphatic carbocycles. The number of carbonyl (C=O) groups is 3. The van der Waals surface area contributed by atoms with Gasteiger partial charge < -0.3 is 35.2 Å². The molecule has 6 rings (SSSR count). The van der Waals surface area contributed by atoms with Crippen molar-refractivity contribution >= 4 is 63.4 Å². The fraction of sp³-hybridized carbons (Fsp3) is 0.464. The highest BCUT2D eigenvalue weighted by Gasteiger charge is 2.30. The van der Waals surface area contributed by atoms with E-state index in [0.717, 1.165) is 73.6 Å². The van der Waals surface area contributed by atoms with Crippen LogP contribution in [0.15, 0.2) is 24.5 Å². The Hall–Kier alpha value is -4.04. The molecule has 3 aromatic heterocycles. The number of nitrogens with two attached hydrogens (primary N) is 1. The first-order valence-corrected chi connectivity index (χ1v) is 15.4. The summed E-state index contributed by atoms with van der Waals surface area (Å²) in [5, 5.41) is 7.61. The van der Waals surface area contributed by atoms with E-state index in [0.29, 0.717) is 45.9 Å². The molecule has 3 N–H and O–H groups in total. The smallest absolute Gasteiger partial charge is 0.410 e. The Kier molecular flexibility index (Phi) is 8.30. The van der Waals surface area contributed by atoms with Crippen LogP contribution in [-0.4, -0.2) is 101 Å². The number of rotatable bonds is 7. The number of piperidine rings is 1. The van der Waals surface area contributed by atoms with Crippen molar-refractivity contribution in [1.29, 1.82) is 0 Å². The van der Waals surface area contributed by atoms with Crippen LogP contribution in [0, 0.1) is 0 Å². The number of carbonyl (C=O) groups excluding carboxylic acids is 3. The first kappa shape index (κ1) is 29.1. The topological polar surface area (TPSA) is 148 Å². The molecule has 0 spiro atoms. The predicted molar refractivity (Wildman–Crippen MR) is 163 cm³/mol. The maximum atomic E-state index is 13.4. The SMILES string of the molecule is COC(=O)N1CC=C(c2cc(N3CCC[C@@H](NC(=O)c4sc(Cl)cc4OCC(=O)N4CCCC4)C3)c3c(N)ncnn23)C1. The normalized spacial score (nSPS) is 18.7. The van der Waals surface area contributed by atoms with Gasteiger partial charge in [0.15, 0.2) is 12.4 Å². The third-order valence-corrected chi connectivity index (χ3v) is 9.27. The average Bonchev–Trinajstić information content (AvgIpc) is 3.81. The monoisotopic (exact) mass is 628 g/mol. The molecule has 43 heavy (non-hydrogen) atoms. The van der Waals surface area contributed by atoms with E-state index in [2.05, 4.69) is 20.3 Å². The molecule has 2 fully saturated rings. The van der Waals surface area contributed by atoms with Gasteiger partial charge >= 0.3 is 6.09 Å². The van der Waals surface area contributed by atoms with Crippen LogP contribution in [0.5, 0.6) is 5.75 Å². The van der Waals surface area contributed by atoms with Crippen LogP contribution in [0.1, 0.15) is 41.0 Å². The Balaban J connectivity index is 1.17. The van der Waals surface area contributed by atoms with Gasteiger partial charge in [0, 0.05) is 44.8 Å². The van der Waals surface area contributed by atoms with Crippen LogP contribution in [0.4, 0.5) is 16.3 Å². The van der Waals surface area contributed by atoms with Crippen molar-refractivity contribution in [2.45, 2.75) is 31.7 Å². The summed E-state index contributed by atoms with van der Waals surface area (Å²) >= 11 is 7.38. The molecule has 1 atom stereocenters. The van der Waals surface area contributed by atoms with E-state index in [1.54, 1.807) is 20.4 Å². The summed E-state index contributed by atoms with van der Waals surface area (Å²) in [5.41, 5.74) is 9.62. The zero-order valence-electron chi connectivity index (χ0n) is 23.8. The summed E-state index contributed by atoms with van der Waals surface area (Å²) in [5.74, 6) is 0.260. The number of nitrogen functional groups attached to an aromatic ring is 1. The Labute approximate surface area is 257 Å². The van der Waals surface area contributed by atoms with Crippen LogP contribution in [-0.2, 0) is 9.53 Å². The van der Waals surface area contributed by atoms with Crippen molar-refractivity contribution in [3.05, 3.63) is 39.4 Å². The number of anilines is 2. The van der Waals surface area contributed by atoms with E-state index in [4.69, 9.17) is 26.8 Å². The molecule has 3 aliphatic rings. The van der Waals surface area contributed by atoms with E-state index in [1.165, 1.54) is 13.4 Å². The quantitative estimate of drug-likeness (QED) is 0.403. The number of halogens is 1. The number of hydrogen-bond acceptors (Lipinski definition) is 10. The number of aromatic nitrogens is 3. The lowest BCUT2D eigenvalue weighted by molar-refractivity contribution is -0.132. The van der Waals surface area contributed by atoms with Gasteiger partial charge in [-0.1, -0.05) is 17.7 Å². The van der Waals surface area contributed by atoms with Crippen molar-refractivity contribution < 1.29 is 23.9 Å². The van der Waals surface area contributed by atoms with E-state index < -0.39 is 6.09 Å². The maximum absolute atomic E-state index is 13.4. The summed E-state index contributed by atoms with van der Waals surface area (Å²) < 4.78 is 12.8. The van der Waals surface area contributed by atoms with Gasteiger partial charge in [0.1, 0.15) is 22.5 Å². The lowest BCUT2D eigenvalue weighted by Crippen LogP contribution is -2.47. The van der Waals surface area contributed by atoms with E-state index in [1.807, 2.05) is 12.1 Å². The molecule has 0 radical (unpaired) electrons. The van der Waals surface area contributed by atoms with Gasteiger partial charge in [-0.25, -0.2) is 14.3 Å². The number of nitrogens with zero attached hydrogens (tertiary/aromatic N) is 6. The zero-order chi connectivity index (χ0) is 30.1. The number of methoxy groups -OCH3 is 1. The minimum atomic E-state index is -0.394. The summed E-state index contributed by atoms with van der Waals surface area (Å²) in [6, 6.07) is 3.44. The molecular formula is C28H33ClN8O5S. The average molecular weight is 629 g/mol. The minimum Gasteiger partial charge on any atom is -0.482 e. The molecule has 228 valence electrons. The lowest BCUT2D eigenvalue weighted by Gasteiger charge is -2.34. The molecule has 0 aromatic carbocycles. The zero-order valence-corrected chi connectivity index (χ0v) is 25.3. The second-order valence-electron chi connectivity index (χ2n) is 10.8. The van der Waals surface area contributed by atoms with E-state index >= 15 is 0 Å². The summed E-state index contributed by atoms with van der Waals surface area (Å²) in [4.78, 5) is 48.1. The van der Waals surface area contributed by atoms with Crippen molar-refractivity contribution in [2.75, 3.05) is 63.6 Å². The Bertz CT molecular complexity index is 1580. The Morgan fingerprint density at radius 3 is 2.77 bits per heavy atom. The van der Waals surface area contributed by atoms with Gasteiger partial charge in [-0.3, -0.25) is 9.59 Å². The molecule has 15 heteroatoms. The standard InChI is InChI=1S/C28H33ClN8O5S/c1-41-28(40)36-10-6-17(13-36)19-11-20(24-26(30)31-16-32-37(19)24)35-9-4-5-18(14-35)33-27(39)25-21(12-22(29)43-25)42-15-23(38)34-7-2-3-8-34/h6,11-12,16,18H,2-5,7-10,13-15H2,1H3,(H,33,39)(H2,30,31,32)/t18-/m1/s1. The van der Waals surface area contributed by atoms with E-state index in [9.17, 15) is 14.4 Å². The van der Waals surface area contributed by atoms with Crippen LogP contribution in [0.25, 0.3) is 11.1 Å². The van der Waals surface area contributed by atoms with Crippen LogP contribution >= 0.6 is 22.9 Å². The molecule has 6 heterocycles. The van der Waals surface area contributed by atoms with Crippen molar-refractivity contribution in [3.8, 4) is 5.75 Å². The first-order chi connectivity index (χ1) is 20.8. The highest BCUT2D eigenvalue weighted by atomic mass is 35.5. The molecule has 13 nitrogen and oxygen atoms in total. The number of amides is 3. The molecular weight excluding hydrogens is 596 g/mol. The second-order valence-corrected chi connectivity index (χ2v) is 12.5. The highest BCUT2D eigenvalue weighted by molar-refractivity contribution is 7.18. The van der Waals surface area contributed by atoms with Gasteiger partial charge in [-0.05, 0) is 37.3 Å². The minimum absolute atomic E-state index is 0.0945. The highest BCUT2D eigenvalue weighted by Crippen LogP contribution is 2.36. The molecule has 0 saturated carbocycles. The van der Waals surface area contributed by atoms with Crippen LogP contribution in [0.3, 0.4) is 0 Å². The number of hydrogen-bond donors (Lipinski definition) is 2. The van der Waals surface area contributed by atoms with Gasteiger partial charge in [0.2, 0.25) is 0 Å². The number of ether oxygens (including phenoxy) is 2. The molecule has 2 saturated heterocycles. The van der Waals surface area contributed by atoms with Gasteiger partial charge in [0.25, 0.3) is 11.8 Å². The summed E-state index contributed by atoms with van der Waals surface area (Å²) in [6.07, 6.45) is 6.60. The molecule has 3 aliphatic heterocycles. The van der Waals surface area contributed by atoms with Crippen molar-refractivity contribution in [2.24, 2.45) is 0 Å². The third-order valence-electron chi connectivity index (χ3n) is 8.03.